The van der Waals surface area contributed by atoms with Crippen molar-refractivity contribution in [1.29, 1.82) is 0 Å². The number of para-hydroxylation sites is 1. The van der Waals surface area contributed by atoms with E-state index in [2.05, 4.69) is 5.32 Å². The number of fused-ring (bicyclic) bond motifs is 1. The van der Waals surface area contributed by atoms with Crippen molar-refractivity contribution in [2.24, 2.45) is 0 Å². The molecule has 2 aromatic carbocycles. The number of rotatable bonds is 5. The molecule has 1 N–H and O–H groups in total. The average molecular weight is 386 g/mol. The van der Waals surface area contributed by atoms with Gasteiger partial charge in [-0.15, -0.1) is 0 Å². The summed E-state index contributed by atoms with van der Waals surface area (Å²) in [5.41, 5.74) is 2.85. The van der Waals surface area contributed by atoms with E-state index in [0.717, 1.165) is 21.1 Å². The van der Waals surface area contributed by atoms with E-state index in [1.54, 1.807) is 12.1 Å². The molecule has 27 heavy (non-hydrogen) atoms. The minimum Gasteiger partial charge on any atom is -0.326 e. The lowest BCUT2D eigenvalue weighted by Crippen LogP contribution is -2.33. The lowest BCUT2D eigenvalue weighted by atomic mass is 9.98. The van der Waals surface area contributed by atoms with Gasteiger partial charge in [-0.25, -0.2) is 12.7 Å². The highest BCUT2D eigenvalue weighted by Crippen LogP contribution is 2.30. The number of anilines is 1. The molecular formula is C20H22N2O4S. The smallest absolute Gasteiger partial charge is 0.269 e. The topological polar surface area (TPSA) is 83.6 Å². The van der Waals surface area contributed by atoms with Crippen LogP contribution in [0, 0.1) is 6.92 Å². The number of benzene rings is 2. The third kappa shape index (κ3) is 3.47. The van der Waals surface area contributed by atoms with Crippen LogP contribution < -0.4 is 5.32 Å². The Hall–Kier alpha value is -2.67. The number of carbonyl (C=O) groups excluding carboxylic acids is 2. The summed E-state index contributed by atoms with van der Waals surface area (Å²) < 4.78 is 25.8. The van der Waals surface area contributed by atoms with Crippen molar-refractivity contribution in [2.45, 2.75) is 38.0 Å². The Morgan fingerprint density at radius 3 is 2.48 bits per heavy atom. The van der Waals surface area contributed by atoms with E-state index < -0.39 is 15.9 Å². The van der Waals surface area contributed by atoms with E-state index in [-0.39, 0.29) is 35.2 Å². The van der Waals surface area contributed by atoms with E-state index in [4.69, 9.17) is 0 Å². The first-order valence-corrected chi connectivity index (χ1v) is 10.2. The number of nitrogens with one attached hydrogen (secondary N) is 1. The van der Waals surface area contributed by atoms with Gasteiger partial charge in [0.1, 0.15) is 4.90 Å². The second-order valence-electron chi connectivity index (χ2n) is 6.87. The first kappa shape index (κ1) is 19.1. The van der Waals surface area contributed by atoms with Crippen LogP contribution in [-0.4, -0.2) is 31.1 Å². The zero-order valence-corrected chi connectivity index (χ0v) is 16.3. The molecule has 1 aliphatic rings. The van der Waals surface area contributed by atoms with Crippen LogP contribution in [0.3, 0.4) is 0 Å². The second kappa shape index (κ2) is 7.15. The molecule has 0 spiro atoms. The van der Waals surface area contributed by atoms with E-state index in [1.807, 2.05) is 39.0 Å². The Labute approximate surface area is 159 Å². The summed E-state index contributed by atoms with van der Waals surface area (Å²) in [6.07, 6.45) is -0.106. The summed E-state index contributed by atoms with van der Waals surface area (Å²) in [5.74, 6) is -0.683. The second-order valence-corrected chi connectivity index (χ2v) is 8.70. The van der Waals surface area contributed by atoms with Gasteiger partial charge in [0.2, 0.25) is 5.91 Å². The van der Waals surface area contributed by atoms with Gasteiger partial charge in [0, 0.05) is 18.7 Å². The SMILES string of the molecule is Cc1cccc(C(C)C)c1NC(=O)CCN1C(=O)c2ccccc2S1(=O)=O. The molecule has 3 rings (SSSR count). The number of aryl methyl sites for hydroxylation is 1. The maximum atomic E-state index is 12.5. The van der Waals surface area contributed by atoms with Gasteiger partial charge in [-0.2, -0.15) is 0 Å². The van der Waals surface area contributed by atoms with Gasteiger partial charge in [0.05, 0.1) is 5.56 Å². The van der Waals surface area contributed by atoms with Crippen LogP contribution in [-0.2, 0) is 14.8 Å². The number of sulfonamides is 1. The van der Waals surface area contributed by atoms with E-state index in [0.29, 0.717) is 0 Å². The number of nitrogens with zero attached hydrogens (tertiary/aromatic N) is 1. The maximum absolute atomic E-state index is 12.5. The predicted molar refractivity (Wildman–Crippen MR) is 103 cm³/mol. The monoisotopic (exact) mass is 386 g/mol. The molecule has 142 valence electrons. The third-order valence-electron chi connectivity index (χ3n) is 4.65. The molecule has 2 amide bonds. The molecule has 0 unspecified atom stereocenters. The number of amides is 2. The Morgan fingerprint density at radius 1 is 1.11 bits per heavy atom. The summed E-state index contributed by atoms with van der Waals surface area (Å²) in [6.45, 7) is 5.80. The molecule has 0 aromatic heterocycles. The Kier molecular flexibility index (Phi) is 5.06. The van der Waals surface area contributed by atoms with E-state index in [1.165, 1.54) is 12.1 Å². The van der Waals surface area contributed by atoms with Crippen LogP contribution in [0.1, 0.15) is 47.7 Å². The summed E-state index contributed by atoms with van der Waals surface area (Å²) in [5, 5.41) is 2.88. The first-order chi connectivity index (χ1) is 12.7. The van der Waals surface area contributed by atoms with Crippen molar-refractivity contribution in [3.8, 4) is 0 Å². The van der Waals surface area contributed by atoms with Gasteiger partial charge < -0.3 is 5.32 Å². The number of hydrogen-bond donors (Lipinski definition) is 1. The van der Waals surface area contributed by atoms with Gasteiger partial charge >= 0.3 is 0 Å². The van der Waals surface area contributed by atoms with Crippen LogP contribution in [0.2, 0.25) is 0 Å². The van der Waals surface area contributed by atoms with Crippen molar-refractivity contribution in [3.63, 3.8) is 0 Å². The average Bonchev–Trinajstić information content (AvgIpc) is 2.81. The van der Waals surface area contributed by atoms with E-state index in [9.17, 15) is 18.0 Å². The third-order valence-corrected chi connectivity index (χ3v) is 6.49. The van der Waals surface area contributed by atoms with Crippen LogP contribution in [0.4, 0.5) is 5.69 Å². The summed E-state index contributed by atoms with van der Waals surface area (Å²) in [7, 11) is -3.89. The highest BCUT2D eigenvalue weighted by atomic mass is 32.2. The lowest BCUT2D eigenvalue weighted by molar-refractivity contribution is -0.116. The Balaban J connectivity index is 1.74. The van der Waals surface area contributed by atoms with Crippen LogP contribution in [0.25, 0.3) is 0 Å². The molecular weight excluding hydrogens is 364 g/mol. The molecule has 0 radical (unpaired) electrons. The van der Waals surface area contributed by atoms with Crippen molar-refractivity contribution in [1.82, 2.24) is 4.31 Å². The van der Waals surface area contributed by atoms with E-state index >= 15 is 0 Å². The van der Waals surface area contributed by atoms with Crippen LogP contribution in [0.5, 0.6) is 0 Å². The quantitative estimate of drug-likeness (QED) is 0.855. The molecule has 7 heteroatoms. The van der Waals surface area contributed by atoms with Gasteiger partial charge in [-0.05, 0) is 36.1 Å². The van der Waals surface area contributed by atoms with Gasteiger partial charge in [-0.3, -0.25) is 9.59 Å². The van der Waals surface area contributed by atoms with Gasteiger partial charge in [0.15, 0.2) is 0 Å². The zero-order chi connectivity index (χ0) is 19.8. The van der Waals surface area contributed by atoms with Crippen molar-refractivity contribution >= 4 is 27.5 Å². The molecule has 0 atom stereocenters. The largest absolute Gasteiger partial charge is 0.326 e. The normalized spacial score (nSPS) is 15.1. The minimum absolute atomic E-state index is 0.00333. The molecule has 0 bridgehead atoms. The minimum atomic E-state index is -3.89. The fourth-order valence-corrected chi connectivity index (χ4v) is 4.77. The number of carbonyl (C=O) groups is 2. The molecule has 1 aliphatic heterocycles. The van der Waals surface area contributed by atoms with Gasteiger partial charge in [0.25, 0.3) is 15.9 Å². The Bertz CT molecular complexity index is 1010. The first-order valence-electron chi connectivity index (χ1n) is 8.79. The summed E-state index contributed by atoms with van der Waals surface area (Å²) in [6, 6.07) is 11.9. The highest BCUT2D eigenvalue weighted by Gasteiger charge is 2.40. The molecule has 0 saturated heterocycles. The van der Waals surface area contributed by atoms with Crippen molar-refractivity contribution in [3.05, 3.63) is 59.2 Å². The number of hydrogen-bond acceptors (Lipinski definition) is 4. The van der Waals surface area contributed by atoms with Crippen molar-refractivity contribution in [2.75, 3.05) is 11.9 Å². The molecule has 0 fully saturated rings. The highest BCUT2D eigenvalue weighted by molar-refractivity contribution is 7.90. The predicted octanol–water partition coefficient (Wildman–Crippen LogP) is 3.29. The summed E-state index contributed by atoms with van der Waals surface area (Å²) >= 11 is 0. The fourth-order valence-electron chi connectivity index (χ4n) is 3.20. The summed E-state index contributed by atoms with van der Waals surface area (Å²) in [4.78, 5) is 24.8. The fraction of sp³-hybridized carbons (Fsp3) is 0.300. The molecule has 1 heterocycles. The lowest BCUT2D eigenvalue weighted by Gasteiger charge is -2.18. The van der Waals surface area contributed by atoms with Gasteiger partial charge in [-0.1, -0.05) is 44.2 Å². The van der Waals surface area contributed by atoms with Crippen LogP contribution >= 0.6 is 0 Å². The van der Waals surface area contributed by atoms with Crippen molar-refractivity contribution < 1.29 is 18.0 Å². The molecule has 0 aliphatic carbocycles. The molecule has 0 saturated carbocycles. The maximum Gasteiger partial charge on any atom is 0.269 e. The standard InChI is InChI=1S/C20H22N2O4S/c1-13(2)15-9-6-7-14(3)19(15)21-18(23)11-12-22-20(24)16-8-4-5-10-17(16)27(22,25)26/h4-10,13H,11-12H2,1-3H3,(H,21,23). The van der Waals surface area contributed by atoms with Crippen LogP contribution in [0.15, 0.2) is 47.4 Å². The molecule has 6 nitrogen and oxygen atoms in total. The Morgan fingerprint density at radius 2 is 1.81 bits per heavy atom. The zero-order valence-electron chi connectivity index (χ0n) is 15.5. The molecule has 2 aromatic rings.